The summed E-state index contributed by atoms with van der Waals surface area (Å²) in [6.07, 6.45) is 1.92. The van der Waals surface area contributed by atoms with E-state index in [4.69, 9.17) is 9.47 Å². The molecule has 1 aliphatic heterocycles. The molecule has 0 saturated carbocycles. The number of methoxy groups -OCH3 is 2. The molecule has 0 atom stereocenters. The standard InChI is InChI=1S/C22H25N3O3/c1-23-15-18(17-14-16(27-2)8-9-19(17)23)22(26)25-12-10-24(11-13-25)20-6-4-5-7-21(20)28-3/h4-9,14-15H,10-13H2,1-3H3. The molecule has 0 radical (unpaired) electrons. The molecule has 6 heteroatoms. The largest absolute Gasteiger partial charge is 0.497 e. The molecule has 28 heavy (non-hydrogen) atoms. The second-order valence-corrected chi connectivity index (χ2v) is 6.99. The van der Waals surface area contributed by atoms with Gasteiger partial charge in [-0.15, -0.1) is 0 Å². The van der Waals surface area contributed by atoms with Gasteiger partial charge < -0.3 is 23.8 Å². The second kappa shape index (κ2) is 7.46. The molecule has 0 spiro atoms. The van der Waals surface area contributed by atoms with Gasteiger partial charge >= 0.3 is 0 Å². The third-order valence-corrected chi connectivity index (χ3v) is 5.42. The van der Waals surface area contributed by atoms with Crippen molar-refractivity contribution in [3.8, 4) is 11.5 Å². The molecule has 1 amide bonds. The van der Waals surface area contributed by atoms with Crippen molar-refractivity contribution in [2.24, 2.45) is 7.05 Å². The molecule has 0 unspecified atom stereocenters. The molecule has 1 saturated heterocycles. The zero-order valence-electron chi connectivity index (χ0n) is 16.5. The van der Waals surface area contributed by atoms with Crippen LogP contribution < -0.4 is 14.4 Å². The summed E-state index contributed by atoms with van der Waals surface area (Å²) in [5.74, 6) is 1.69. The predicted molar refractivity (Wildman–Crippen MR) is 111 cm³/mol. The Labute approximate surface area is 164 Å². The Morgan fingerprint density at radius 1 is 0.964 bits per heavy atom. The minimum absolute atomic E-state index is 0.0681. The van der Waals surface area contributed by atoms with E-state index in [1.807, 2.05) is 59.1 Å². The fraction of sp³-hybridized carbons (Fsp3) is 0.318. The van der Waals surface area contributed by atoms with E-state index in [0.29, 0.717) is 13.1 Å². The van der Waals surface area contributed by atoms with Crippen molar-refractivity contribution in [1.82, 2.24) is 9.47 Å². The van der Waals surface area contributed by atoms with Gasteiger partial charge in [0.05, 0.1) is 25.5 Å². The van der Waals surface area contributed by atoms with Crippen LogP contribution in [-0.2, 0) is 7.05 Å². The molecule has 1 aromatic heterocycles. The van der Waals surface area contributed by atoms with Crippen molar-refractivity contribution >= 4 is 22.5 Å². The number of fused-ring (bicyclic) bond motifs is 1. The second-order valence-electron chi connectivity index (χ2n) is 6.99. The highest BCUT2D eigenvalue weighted by Gasteiger charge is 2.25. The first kappa shape index (κ1) is 18.2. The highest BCUT2D eigenvalue weighted by Crippen LogP contribution is 2.30. The average Bonchev–Trinajstić information content (AvgIpc) is 3.09. The Hall–Kier alpha value is -3.15. The van der Waals surface area contributed by atoms with Crippen molar-refractivity contribution in [1.29, 1.82) is 0 Å². The number of nitrogens with zero attached hydrogens (tertiary/aromatic N) is 3. The number of hydrogen-bond acceptors (Lipinski definition) is 4. The van der Waals surface area contributed by atoms with E-state index in [9.17, 15) is 4.79 Å². The van der Waals surface area contributed by atoms with Crippen molar-refractivity contribution in [2.75, 3.05) is 45.3 Å². The Balaban J connectivity index is 1.54. The molecule has 3 aromatic rings. The quantitative estimate of drug-likeness (QED) is 0.699. The van der Waals surface area contributed by atoms with Gasteiger partial charge in [0, 0.05) is 50.3 Å². The number of aryl methyl sites for hydroxylation is 1. The lowest BCUT2D eigenvalue weighted by Crippen LogP contribution is -2.48. The molecule has 146 valence electrons. The van der Waals surface area contributed by atoms with Crippen molar-refractivity contribution < 1.29 is 14.3 Å². The highest BCUT2D eigenvalue weighted by atomic mass is 16.5. The average molecular weight is 379 g/mol. The first-order valence-corrected chi connectivity index (χ1v) is 9.42. The zero-order valence-corrected chi connectivity index (χ0v) is 16.5. The highest BCUT2D eigenvalue weighted by molar-refractivity contribution is 6.07. The Morgan fingerprint density at radius 3 is 2.43 bits per heavy atom. The van der Waals surface area contributed by atoms with E-state index in [1.165, 1.54) is 0 Å². The normalized spacial score (nSPS) is 14.4. The monoisotopic (exact) mass is 379 g/mol. The van der Waals surface area contributed by atoms with E-state index < -0.39 is 0 Å². The molecule has 0 aliphatic carbocycles. The van der Waals surface area contributed by atoms with E-state index >= 15 is 0 Å². The smallest absolute Gasteiger partial charge is 0.256 e. The Bertz CT molecular complexity index is 1000. The minimum Gasteiger partial charge on any atom is -0.497 e. The lowest BCUT2D eigenvalue weighted by atomic mass is 10.1. The summed E-state index contributed by atoms with van der Waals surface area (Å²) < 4.78 is 12.8. The van der Waals surface area contributed by atoms with Crippen LogP contribution in [0.25, 0.3) is 10.9 Å². The topological polar surface area (TPSA) is 46.9 Å². The number of anilines is 1. The molecule has 6 nitrogen and oxygen atoms in total. The fourth-order valence-electron chi connectivity index (χ4n) is 3.88. The summed E-state index contributed by atoms with van der Waals surface area (Å²) in [7, 11) is 5.29. The predicted octanol–water partition coefficient (Wildman–Crippen LogP) is 3.16. The molecule has 4 rings (SSSR count). The Morgan fingerprint density at radius 2 is 1.71 bits per heavy atom. The van der Waals surface area contributed by atoms with Gasteiger partial charge in [-0.2, -0.15) is 0 Å². The number of hydrogen-bond donors (Lipinski definition) is 0. The van der Waals surface area contributed by atoms with Crippen LogP contribution in [0, 0.1) is 0 Å². The van der Waals surface area contributed by atoms with Crippen LogP contribution in [0.1, 0.15) is 10.4 Å². The molecule has 2 heterocycles. The lowest BCUT2D eigenvalue weighted by molar-refractivity contribution is 0.0748. The summed E-state index contributed by atoms with van der Waals surface area (Å²) in [5.41, 5.74) is 2.82. The first-order chi connectivity index (χ1) is 13.6. The number of para-hydroxylation sites is 2. The summed E-state index contributed by atoms with van der Waals surface area (Å²) >= 11 is 0. The summed E-state index contributed by atoms with van der Waals surface area (Å²) in [6.45, 7) is 2.91. The van der Waals surface area contributed by atoms with Crippen molar-refractivity contribution in [3.05, 3.63) is 54.2 Å². The zero-order chi connectivity index (χ0) is 19.7. The number of amides is 1. The summed E-state index contributed by atoms with van der Waals surface area (Å²) in [5, 5.41) is 0.930. The number of ether oxygens (including phenoxy) is 2. The van der Waals surface area contributed by atoms with Crippen LogP contribution in [0.4, 0.5) is 5.69 Å². The number of rotatable bonds is 4. The van der Waals surface area contributed by atoms with E-state index in [-0.39, 0.29) is 5.91 Å². The van der Waals surface area contributed by atoms with Crippen LogP contribution >= 0.6 is 0 Å². The third kappa shape index (κ3) is 3.15. The number of carbonyl (C=O) groups is 1. The van der Waals surface area contributed by atoms with Crippen LogP contribution in [0.15, 0.2) is 48.7 Å². The lowest BCUT2D eigenvalue weighted by Gasteiger charge is -2.36. The first-order valence-electron chi connectivity index (χ1n) is 9.42. The van der Waals surface area contributed by atoms with Gasteiger partial charge in [0.15, 0.2) is 0 Å². The number of benzene rings is 2. The molecular formula is C22H25N3O3. The summed E-state index contributed by atoms with van der Waals surface area (Å²) in [6, 6.07) is 13.9. The maximum Gasteiger partial charge on any atom is 0.256 e. The van der Waals surface area contributed by atoms with E-state index in [2.05, 4.69) is 11.0 Å². The van der Waals surface area contributed by atoms with Gasteiger partial charge in [-0.3, -0.25) is 4.79 Å². The molecule has 0 N–H and O–H groups in total. The summed E-state index contributed by atoms with van der Waals surface area (Å²) in [4.78, 5) is 17.4. The van der Waals surface area contributed by atoms with Crippen LogP contribution in [0.3, 0.4) is 0 Å². The number of aromatic nitrogens is 1. The molecule has 1 aliphatic rings. The van der Waals surface area contributed by atoms with Gasteiger partial charge in [-0.25, -0.2) is 0 Å². The van der Waals surface area contributed by atoms with Gasteiger partial charge in [-0.05, 0) is 30.3 Å². The van der Waals surface area contributed by atoms with Gasteiger partial charge in [-0.1, -0.05) is 12.1 Å². The van der Waals surface area contributed by atoms with Gasteiger partial charge in [0.2, 0.25) is 0 Å². The van der Waals surface area contributed by atoms with Crippen molar-refractivity contribution in [3.63, 3.8) is 0 Å². The van der Waals surface area contributed by atoms with Crippen molar-refractivity contribution in [2.45, 2.75) is 0 Å². The number of carbonyl (C=O) groups excluding carboxylic acids is 1. The van der Waals surface area contributed by atoms with E-state index in [1.54, 1.807) is 14.2 Å². The maximum atomic E-state index is 13.2. The van der Waals surface area contributed by atoms with Gasteiger partial charge in [0.25, 0.3) is 5.91 Å². The molecule has 0 bridgehead atoms. The molecule has 2 aromatic carbocycles. The van der Waals surface area contributed by atoms with Crippen LogP contribution in [-0.4, -0.2) is 55.8 Å². The van der Waals surface area contributed by atoms with Crippen LogP contribution in [0.5, 0.6) is 11.5 Å². The Kier molecular flexibility index (Phi) is 4.86. The SMILES string of the molecule is COc1ccc2c(c1)c(C(=O)N1CCN(c3ccccc3OC)CC1)cn2C. The van der Waals surface area contributed by atoms with Crippen LogP contribution in [0.2, 0.25) is 0 Å². The maximum absolute atomic E-state index is 13.2. The number of piperazine rings is 1. The fourth-order valence-corrected chi connectivity index (χ4v) is 3.88. The molecule has 1 fully saturated rings. The molecular weight excluding hydrogens is 354 g/mol. The third-order valence-electron chi connectivity index (χ3n) is 5.42. The minimum atomic E-state index is 0.0681. The van der Waals surface area contributed by atoms with Gasteiger partial charge in [0.1, 0.15) is 11.5 Å². The van der Waals surface area contributed by atoms with E-state index in [0.717, 1.165) is 46.7 Å².